The van der Waals surface area contributed by atoms with Crippen molar-refractivity contribution in [1.82, 2.24) is 10.6 Å². The van der Waals surface area contributed by atoms with E-state index in [0.717, 1.165) is 32.1 Å². The third-order valence-corrected chi connectivity index (χ3v) is 2.52. The van der Waals surface area contributed by atoms with Gasteiger partial charge in [0, 0.05) is 13.1 Å². The van der Waals surface area contributed by atoms with Crippen LogP contribution in [0.15, 0.2) is 0 Å². The highest BCUT2D eigenvalue weighted by Gasteiger charge is 2.15. The van der Waals surface area contributed by atoms with Gasteiger partial charge in [-0.15, -0.1) is 0 Å². The molecule has 0 fully saturated rings. The van der Waals surface area contributed by atoms with E-state index in [0.29, 0.717) is 19.7 Å². The monoisotopic (exact) mass is 302 g/mol. The summed E-state index contributed by atoms with van der Waals surface area (Å²) in [5.74, 6) is 0. The third kappa shape index (κ3) is 14.8. The molecule has 0 saturated heterocycles. The summed E-state index contributed by atoms with van der Waals surface area (Å²) in [5, 5.41) is 5.40. The molecule has 6 heteroatoms. The molecular formula is C15H30N2O4. The van der Waals surface area contributed by atoms with E-state index in [9.17, 15) is 9.59 Å². The van der Waals surface area contributed by atoms with Crippen LogP contribution in [-0.2, 0) is 9.47 Å². The van der Waals surface area contributed by atoms with Crippen molar-refractivity contribution in [1.29, 1.82) is 0 Å². The van der Waals surface area contributed by atoms with Crippen molar-refractivity contribution >= 4 is 12.2 Å². The molecule has 2 amide bonds. The molecule has 0 aliphatic heterocycles. The average Bonchev–Trinajstić information content (AvgIpc) is 2.35. The molecule has 0 spiro atoms. The Hall–Kier alpha value is -1.46. The first-order valence-electron chi connectivity index (χ1n) is 7.72. The second-order valence-electron chi connectivity index (χ2n) is 5.91. The largest absolute Gasteiger partial charge is 0.450 e. The van der Waals surface area contributed by atoms with Gasteiger partial charge in [-0.1, -0.05) is 13.3 Å². The van der Waals surface area contributed by atoms with Gasteiger partial charge in [0.1, 0.15) is 5.60 Å². The number of unbranched alkanes of at least 4 members (excludes halogenated alkanes) is 3. The minimum Gasteiger partial charge on any atom is -0.450 e. The number of rotatable bonds is 9. The maximum absolute atomic E-state index is 11.4. The molecule has 2 N–H and O–H groups in total. The van der Waals surface area contributed by atoms with Crippen LogP contribution >= 0.6 is 0 Å². The lowest BCUT2D eigenvalue weighted by atomic mass is 10.2. The minimum atomic E-state index is -0.466. The zero-order valence-corrected chi connectivity index (χ0v) is 13.8. The molecule has 0 aromatic carbocycles. The van der Waals surface area contributed by atoms with Gasteiger partial charge in [0.25, 0.3) is 0 Å². The zero-order chi connectivity index (χ0) is 16.1. The van der Waals surface area contributed by atoms with E-state index in [1.165, 1.54) is 0 Å². The van der Waals surface area contributed by atoms with E-state index in [4.69, 9.17) is 9.47 Å². The first-order chi connectivity index (χ1) is 9.85. The van der Waals surface area contributed by atoms with Crippen LogP contribution in [0.25, 0.3) is 0 Å². The molecular weight excluding hydrogens is 272 g/mol. The second-order valence-corrected chi connectivity index (χ2v) is 5.91. The van der Waals surface area contributed by atoms with Gasteiger partial charge in [-0.3, -0.25) is 0 Å². The topological polar surface area (TPSA) is 76.7 Å². The van der Waals surface area contributed by atoms with Crippen LogP contribution in [0.3, 0.4) is 0 Å². The Morgan fingerprint density at radius 1 is 0.905 bits per heavy atom. The molecule has 0 atom stereocenters. The summed E-state index contributed by atoms with van der Waals surface area (Å²) in [6.07, 6.45) is 3.80. The lowest BCUT2D eigenvalue weighted by Crippen LogP contribution is -2.33. The van der Waals surface area contributed by atoms with E-state index in [1.807, 2.05) is 27.7 Å². The quantitative estimate of drug-likeness (QED) is 0.641. The van der Waals surface area contributed by atoms with Crippen molar-refractivity contribution in [3.05, 3.63) is 0 Å². The predicted octanol–water partition coefficient (Wildman–Crippen LogP) is 3.21. The maximum Gasteiger partial charge on any atom is 0.407 e. The average molecular weight is 302 g/mol. The number of alkyl carbamates (subject to hydrolysis) is 2. The van der Waals surface area contributed by atoms with Crippen LogP contribution < -0.4 is 10.6 Å². The molecule has 0 aromatic heterocycles. The summed E-state index contributed by atoms with van der Waals surface area (Å²) >= 11 is 0. The number of nitrogens with one attached hydrogen (secondary N) is 2. The van der Waals surface area contributed by atoms with E-state index >= 15 is 0 Å². The van der Waals surface area contributed by atoms with E-state index in [-0.39, 0.29) is 12.2 Å². The Labute approximate surface area is 127 Å². The summed E-state index contributed by atoms with van der Waals surface area (Å²) < 4.78 is 10.1. The summed E-state index contributed by atoms with van der Waals surface area (Å²) in [7, 11) is 0. The second kappa shape index (κ2) is 11.2. The van der Waals surface area contributed by atoms with Gasteiger partial charge in [0.15, 0.2) is 0 Å². The van der Waals surface area contributed by atoms with Crippen LogP contribution in [-0.4, -0.2) is 37.5 Å². The third-order valence-electron chi connectivity index (χ3n) is 2.52. The Morgan fingerprint density at radius 3 is 2.00 bits per heavy atom. The normalized spacial score (nSPS) is 10.9. The lowest BCUT2D eigenvalue weighted by Gasteiger charge is -2.19. The Kier molecular flexibility index (Phi) is 10.4. The molecule has 0 aliphatic rings. The van der Waals surface area contributed by atoms with Gasteiger partial charge >= 0.3 is 12.2 Å². The van der Waals surface area contributed by atoms with Gasteiger partial charge in [0.05, 0.1) is 6.61 Å². The molecule has 0 heterocycles. The molecule has 0 bridgehead atoms. The lowest BCUT2D eigenvalue weighted by molar-refractivity contribution is 0.0527. The number of carbonyl (C=O) groups is 2. The van der Waals surface area contributed by atoms with Gasteiger partial charge < -0.3 is 20.1 Å². The van der Waals surface area contributed by atoms with Crippen molar-refractivity contribution in [3.63, 3.8) is 0 Å². The number of amides is 2. The predicted molar refractivity (Wildman–Crippen MR) is 82.3 cm³/mol. The molecule has 6 nitrogen and oxygen atoms in total. The fraction of sp³-hybridized carbons (Fsp3) is 0.867. The van der Waals surface area contributed by atoms with Crippen molar-refractivity contribution < 1.29 is 19.1 Å². The Balaban J connectivity index is 3.36. The molecule has 0 unspecified atom stereocenters. The van der Waals surface area contributed by atoms with Crippen LogP contribution in [0.1, 0.15) is 59.8 Å². The van der Waals surface area contributed by atoms with Gasteiger partial charge in [-0.2, -0.15) is 0 Å². The highest BCUT2D eigenvalue weighted by atomic mass is 16.6. The van der Waals surface area contributed by atoms with Crippen LogP contribution in [0, 0.1) is 0 Å². The van der Waals surface area contributed by atoms with Crippen LogP contribution in [0.4, 0.5) is 9.59 Å². The Bertz CT molecular complexity index is 301. The van der Waals surface area contributed by atoms with Crippen LogP contribution in [0.5, 0.6) is 0 Å². The van der Waals surface area contributed by atoms with Gasteiger partial charge in [0.2, 0.25) is 0 Å². The first-order valence-corrected chi connectivity index (χ1v) is 7.72. The zero-order valence-electron chi connectivity index (χ0n) is 13.8. The SMILES string of the molecule is CCCCOC(=O)NCCCCCNC(=O)OC(C)(C)C. The van der Waals surface area contributed by atoms with Crippen molar-refractivity contribution in [2.75, 3.05) is 19.7 Å². The maximum atomic E-state index is 11.4. The van der Waals surface area contributed by atoms with E-state index in [1.54, 1.807) is 0 Å². The Morgan fingerprint density at radius 2 is 1.48 bits per heavy atom. The molecule has 0 saturated carbocycles. The molecule has 0 rings (SSSR count). The van der Waals surface area contributed by atoms with Crippen molar-refractivity contribution in [2.24, 2.45) is 0 Å². The standard InChI is InChI=1S/C15H30N2O4/c1-5-6-12-20-13(18)16-10-8-7-9-11-17-14(19)21-15(2,3)4/h5-12H2,1-4H3,(H,16,18)(H,17,19). The smallest absolute Gasteiger partial charge is 0.407 e. The highest BCUT2D eigenvalue weighted by Crippen LogP contribution is 2.06. The number of carbonyl (C=O) groups excluding carboxylic acids is 2. The molecule has 0 aliphatic carbocycles. The highest BCUT2D eigenvalue weighted by molar-refractivity contribution is 5.67. The summed E-state index contributed by atoms with van der Waals surface area (Å²) in [6, 6.07) is 0. The van der Waals surface area contributed by atoms with Gasteiger partial charge in [-0.25, -0.2) is 9.59 Å². The first kappa shape index (κ1) is 19.5. The number of hydrogen-bond acceptors (Lipinski definition) is 4. The van der Waals surface area contributed by atoms with Crippen molar-refractivity contribution in [2.45, 2.75) is 65.4 Å². The fourth-order valence-electron chi connectivity index (χ4n) is 1.48. The van der Waals surface area contributed by atoms with Crippen molar-refractivity contribution in [3.8, 4) is 0 Å². The van der Waals surface area contributed by atoms with Crippen LogP contribution in [0.2, 0.25) is 0 Å². The van der Waals surface area contributed by atoms with Gasteiger partial charge in [-0.05, 0) is 46.5 Å². The molecule has 0 radical (unpaired) electrons. The molecule has 124 valence electrons. The molecule has 21 heavy (non-hydrogen) atoms. The number of ether oxygens (including phenoxy) is 2. The molecule has 0 aromatic rings. The summed E-state index contributed by atoms with van der Waals surface area (Å²) in [5.41, 5.74) is -0.466. The van der Waals surface area contributed by atoms with E-state index in [2.05, 4.69) is 10.6 Å². The minimum absolute atomic E-state index is 0.352. The fourth-order valence-corrected chi connectivity index (χ4v) is 1.48. The summed E-state index contributed by atoms with van der Waals surface area (Å²) in [4.78, 5) is 22.6. The van der Waals surface area contributed by atoms with E-state index < -0.39 is 5.60 Å². The number of hydrogen-bond donors (Lipinski definition) is 2. The summed E-state index contributed by atoms with van der Waals surface area (Å²) in [6.45, 7) is 9.19.